The first-order valence-corrected chi connectivity index (χ1v) is 11.5. The number of imidazole rings is 1. The van der Waals surface area contributed by atoms with E-state index in [0.29, 0.717) is 11.6 Å². The number of aryl methyl sites for hydroxylation is 2. The summed E-state index contributed by atoms with van der Waals surface area (Å²) in [5, 5.41) is 3.61. The Labute approximate surface area is 194 Å². The minimum atomic E-state index is 0.0691. The Hall–Kier alpha value is -3.48. The third kappa shape index (κ3) is 4.15. The molecule has 7 heteroatoms. The molecule has 4 aromatic rings. The minimum absolute atomic E-state index is 0.0691. The topological polar surface area (TPSA) is 71.8 Å². The van der Waals surface area contributed by atoms with E-state index in [-0.39, 0.29) is 5.41 Å². The molecule has 0 aliphatic carbocycles. The molecule has 1 fully saturated rings. The van der Waals surface area contributed by atoms with Gasteiger partial charge in [-0.05, 0) is 47.6 Å². The molecule has 0 saturated carbocycles. The summed E-state index contributed by atoms with van der Waals surface area (Å²) in [4.78, 5) is 20.9. The number of nitrogens with zero attached hydrogens (tertiary/aromatic N) is 6. The zero-order chi connectivity index (χ0) is 23.2. The molecule has 3 aromatic heterocycles. The van der Waals surface area contributed by atoms with E-state index in [1.54, 1.807) is 6.33 Å². The second-order valence-electron chi connectivity index (χ2n) is 10.0. The maximum absolute atomic E-state index is 5.00. The van der Waals surface area contributed by atoms with Crippen LogP contribution in [-0.2, 0) is 12.5 Å². The molecule has 0 spiro atoms. The monoisotopic (exact) mass is 441 g/mol. The van der Waals surface area contributed by atoms with Gasteiger partial charge in [-0.2, -0.15) is 9.97 Å². The quantitative estimate of drug-likeness (QED) is 0.475. The Morgan fingerprint density at radius 1 is 1.12 bits per heavy atom. The van der Waals surface area contributed by atoms with Crippen molar-refractivity contribution in [3.05, 3.63) is 65.7 Å². The van der Waals surface area contributed by atoms with Crippen LogP contribution >= 0.6 is 0 Å². The molecular weight excluding hydrogens is 410 g/mol. The smallest absolute Gasteiger partial charge is 0.229 e. The minimum Gasteiger partial charge on any atom is -0.340 e. The van der Waals surface area contributed by atoms with Crippen LogP contribution in [0.5, 0.6) is 0 Å². The molecule has 4 heterocycles. The number of pyridine rings is 1. The van der Waals surface area contributed by atoms with Crippen molar-refractivity contribution in [3.63, 3.8) is 0 Å². The Morgan fingerprint density at radius 2 is 1.97 bits per heavy atom. The van der Waals surface area contributed by atoms with Gasteiger partial charge in [-0.3, -0.25) is 4.98 Å². The highest BCUT2D eigenvalue weighted by Crippen LogP contribution is 2.33. The van der Waals surface area contributed by atoms with Crippen molar-refractivity contribution < 1.29 is 0 Å². The summed E-state index contributed by atoms with van der Waals surface area (Å²) in [6.07, 6.45) is 6.65. The number of rotatable bonds is 4. The van der Waals surface area contributed by atoms with Crippen molar-refractivity contribution >= 4 is 28.6 Å². The summed E-state index contributed by atoms with van der Waals surface area (Å²) < 4.78 is 1.98. The fraction of sp³-hybridized carbons (Fsp3) is 0.385. The molecular formula is C26H31N7. The molecule has 1 aromatic carbocycles. The molecule has 1 aliphatic rings. The lowest BCUT2D eigenvalue weighted by Gasteiger charge is -2.22. The van der Waals surface area contributed by atoms with E-state index in [2.05, 4.69) is 72.1 Å². The lowest BCUT2D eigenvalue weighted by molar-refractivity contribution is 0.590. The Morgan fingerprint density at radius 3 is 2.73 bits per heavy atom. The normalized spacial score (nSPS) is 16.5. The molecule has 33 heavy (non-hydrogen) atoms. The number of nitrogens with one attached hydrogen (secondary N) is 1. The Balaban J connectivity index is 1.51. The van der Waals surface area contributed by atoms with E-state index in [0.717, 1.165) is 42.5 Å². The van der Waals surface area contributed by atoms with Crippen LogP contribution in [0.2, 0.25) is 0 Å². The van der Waals surface area contributed by atoms with Gasteiger partial charge in [-0.15, -0.1) is 0 Å². The van der Waals surface area contributed by atoms with Crippen LogP contribution in [0.3, 0.4) is 0 Å². The van der Waals surface area contributed by atoms with E-state index in [1.807, 2.05) is 30.1 Å². The first-order valence-electron chi connectivity index (χ1n) is 11.5. The van der Waals surface area contributed by atoms with Crippen LogP contribution in [0.1, 0.15) is 49.8 Å². The molecule has 0 bridgehead atoms. The number of anilines is 3. The van der Waals surface area contributed by atoms with Gasteiger partial charge in [-0.1, -0.05) is 39.0 Å². The van der Waals surface area contributed by atoms with E-state index in [1.165, 1.54) is 16.7 Å². The van der Waals surface area contributed by atoms with Gasteiger partial charge in [-0.25, -0.2) is 4.98 Å². The van der Waals surface area contributed by atoms with Gasteiger partial charge in [0.1, 0.15) is 5.52 Å². The fourth-order valence-electron chi connectivity index (χ4n) is 4.46. The second kappa shape index (κ2) is 8.14. The standard InChI is InChI=1S/C26H31N7/c1-17-8-9-20(26(2,3)4)13-21(17)29-24-22-23(28-16-32(22)5)30-25(31-24)33-12-10-19(15-33)18-7-6-11-27-14-18/h6-9,11,13-14,16,19H,10,12,15H2,1-5H3,(H,29,30,31). The maximum atomic E-state index is 5.00. The SMILES string of the molecule is Cc1ccc(C(C)(C)C)cc1Nc1nc(N2CCC(c3cccnc3)C2)nc2ncn(C)c12. The van der Waals surface area contributed by atoms with Gasteiger partial charge in [0.05, 0.1) is 6.33 Å². The third-order valence-corrected chi connectivity index (χ3v) is 6.54. The van der Waals surface area contributed by atoms with E-state index in [4.69, 9.17) is 9.97 Å². The number of benzene rings is 1. The first kappa shape index (κ1) is 21.4. The number of fused-ring (bicyclic) bond motifs is 1. The van der Waals surface area contributed by atoms with Crippen molar-refractivity contribution in [2.75, 3.05) is 23.3 Å². The second-order valence-corrected chi connectivity index (χ2v) is 10.0. The van der Waals surface area contributed by atoms with Crippen LogP contribution in [0, 0.1) is 6.92 Å². The molecule has 7 nitrogen and oxygen atoms in total. The zero-order valence-corrected chi connectivity index (χ0v) is 20.0. The highest BCUT2D eigenvalue weighted by Gasteiger charge is 2.27. The van der Waals surface area contributed by atoms with Gasteiger partial charge >= 0.3 is 0 Å². The summed E-state index contributed by atoms with van der Waals surface area (Å²) in [7, 11) is 1.98. The van der Waals surface area contributed by atoms with Gasteiger partial charge < -0.3 is 14.8 Å². The largest absolute Gasteiger partial charge is 0.340 e. The maximum Gasteiger partial charge on any atom is 0.229 e. The number of hydrogen-bond acceptors (Lipinski definition) is 6. The first-order chi connectivity index (χ1) is 15.8. The van der Waals surface area contributed by atoms with Crippen LogP contribution in [0.4, 0.5) is 17.5 Å². The molecule has 5 rings (SSSR count). The van der Waals surface area contributed by atoms with Crippen molar-refractivity contribution in [1.82, 2.24) is 24.5 Å². The molecule has 1 aliphatic heterocycles. The average Bonchev–Trinajstić information content (AvgIpc) is 3.43. The van der Waals surface area contributed by atoms with Crippen molar-refractivity contribution in [2.24, 2.45) is 7.05 Å². The third-order valence-electron chi connectivity index (χ3n) is 6.54. The molecule has 170 valence electrons. The molecule has 1 atom stereocenters. The van der Waals surface area contributed by atoms with E-state index < -0.39 is 0 Å². The van der Waals surface area contributed by atoms with Crippen molar-refractivity contribution in [1.29, 1.82) is 0 Å². The summed E-state index contributed by atoms with van der Waals surface area (Å²) in [5.74, 6) is 1.94. The van der Waals surface area contributed by atoms with Crippen LogP contribution < -0.4 is 10.2 Å². The molecule has 1 saturated heterocycles. The van der Waals surface area contributed by atoms with Gasteiger partial charge in [0.15, 0.2) is 11.5 Å². The summed E-state index contributed by atoms with van der Waals surface area (Å²) >= 11 is 0. The van der Waals surface area contributed by atoms with Crippen LogP contribution in [0.25, 0.3) is 11.2 Å². The molecule has 1 unspecified atom stereocenters. The van der Waals surface area contributed by atoms with E-state index in [9.17, 15) is 0 Å². The predicted octanol–water partition coefficient (Wildman–Crippen LogP) is 5.10. The lowest BCUT2D eigenvalue weighted by atomic mass is 9.86. The Kier molecular flexibility index (Phi) is 5.27. The highest BCUT2D eigenvalue weighted by molar-refractivity contribution is 5.87. The fourth-order valence-corrected chi connectivity index (χ4v) is 4.46. The van der Waals surface area contributed by atoms with Crippen LogP contribution in [0.15, 0.2) is 49.1 Å². The molecule has 1 N–H and O–H groups in total. The summed E-state index contributed by atoms with van der Waals surface area (Å²) in [6, 6.07) is 10.8. The summed E-state index contributed by atoms with van der Waals surface area (Å²) in [6.45, 7) is 10.6. The highest BCUT2D eigenvalue weighted by atomic mass is 15.3. The number of aromatic nitrogens is 5. The predicted molar refractivity (Wildman–Crippen MR) is 133 cm³/mol. The van der Waals surface area contributed by atoms with Crippen molar-refractivity contribution in [2.45, 2.75) is 45.4 Å². The lowest BCUT2D eigenvalue weighted by Crippen LogP contribution is -2.22. The van der Waals surface area contributed by atoms with Crippen LogP contribution in [-0.4, -0.2) is 37.6 Å². The van der Waals surface area contributed by atoms with Gasteiger partial charge in [0, 0.05) is 44.1 Å². The molecule has 0 amide bonds. The Bertz CT molecular complexity index is 1290. The van der Waals surface area contributed by atoms with E-state index >= 15 is 0 Å². The summed E-state index contributed by atoms with van der Waals surface area (Å²) in [5.41, 5.74) is 6.47. The van der Waals surface area contributed by atoms with Gasteiger partial charge in [0.2, 0.25) is 5.95 Å². The van der Waals surface area contributed by atoms with Crippen molar-refractivity contribution in [3.8, 4) is 0 Å². The molecule has 0 radical (unpaired) electrons. The average molecular weight is 442 g/mol. The van der Waals surface area contributed by atoms with Gasteiger partial charge in [0.25, 0.3) is 0 Å². The number of hydrogen-bond donors (Lipinski definition) is 1. The zero-order valence-electron chi connectivity index (χ0n) is 20.0.